The molecule has 7 rings (SSSR count). The second kappa shape index (κ2) is 7.20. The molecule has 6 atom stereocenters. The van der Waals surface area contributed by atoms with Crippen molar-refractivity contribution in [3.05, 3.63) is 59.2 Å². The van der Waals surface area contributed by atoms with E-state index in [2.05, 4.69) is 41.1 Å². The largest absolute Gasteiger partial charge is 0.504 e. The van der Waals surface area contributed by atoms with Crippen molar-refractivity contribution in [3.63, 3.8) is 0 Å². The summed E-state index contributed by atoms with van der Waals surface area (Å²) in [6, 6.07) is 13.7. The molecule has 180 valence electrons. The average Bonchev–Trinajstić information content (AvgIpc) is 3.57. The minimum absolute atomic E-state index is 0.103. The van der Waals surface area contributed by atoms with Crippen LogP contribution in [0.3, 0.4) is 0 Å². The average molecular weight is 463 g/mol. The molecular formula is C28H34N2O4. The Labute approximate surface area is 200 Å². The van der Waals surface area contributed by atoms with Gasteiger partial charge in [0.05, 0.1) is 23.2 Å². The smallest absolute Gasteiger partial charge is 0.165 e. The Balaban J connectivity index is 1.34. The van der Waals surface area contributed by atoms with Crippen molar-refractivity contribution in [1.29, 1.82) is 0 Å². The molecule has 6 heteroatoms. The Morgan fingerprint density at radius 2 is 1.88 bits per heavy atom. The first kappa shape index (κ1) is 21.2. The van der Waals surface area contributed by atoms with Crippen molar-refractivity contribution < 1.29 is 20.1 Å². The first-order chi connectivity index (χ1) is 16.4. The third-order valence-corrected chi connectivity index (χ3v) is 9.61. The summed E-state index contributed by atoms with van der Waals surface area (Å²) >= 11 is 0. The highest BCUT2D eigenvalue weighted by atomic mass is 16.5. The lowest BCUT2D eigenvalue weighted by molar-refractivity contribution is -0.223. The molecular weight excluding hydrogens is 428 g/mol. The molecule has 0 aromatic heterocycles. The van der Waals surface area contributed by atoms with Crippen molar-refractivity contribution in [1.82, 2.24) is 9.80 Å². The number of nitrogens with zero attached hydrogens (tertiary/aromatic N) is 2. The van der Waals surface area contributed by atoms with E-state index in [1.54, 1.807) is 6.07 Å². The first-order valence-corrected chi connectivity index (χ1v) is 12.9. The van der Waals surface area contributed by atoms with E-state index in [1.165, 1.54) is 18.4 Å². The van der Waals surface area contributed by atoms with Crippen LogP contribution in [-0.2, 0) is 12.0 Å². The van der Waals surface area contributed by atoms with E-state index in [0.29, 0.717) is 18.1 Å². The Morgan fingerprint density at radius 3 is 2.65 bits per heavy atom. The van der Waals surface area contributed by atoms with Crippen LogP contribution in [0, 0.1) is 5.92 Å². The SMILES string of the molecule is CN(Cc1ccccc1)C1CCC2(O)C3[C@@H](O)c4ccc(O)c5c4C2(CCN3CC2CC2)C1O5. The van der Waals surface area contributed by atoms with E-state index in [-0.39, 0.29) is 23.9 Å². The van der Waals surface area contributed by atoms with Crippen LogP contribution >= 0.6 is 0 Å². The van der Waals surface area contributed by atoms with Gasteiger partial charge in [0, 0.05) is 24.7 Å². The molecule has 34 heavy (non-hydrogen) atoms. The molecule has 1 saturated heterocycles. The monoisotopic (exact) mass is 462 g/mol. The lowest BCUT2D eigenvalue weighted by Gasteiger charge is -2.65. The zero-order valence-corrected chi connectivity index (χ0v) is 19.7. The Hall–Kier alpha value is -2.12. The van der Waals surface area contributed by atoms with Gasteiger partial charge in [-0.3, -0.25) is 9.80 Å². The molecule has 2 saturated carbocycles. The summed E-state index contributed by atoms with van der Waals surface area (Å²) in [7, 11) is 2.14. The maximum absolute atomic E-state index is 12.6. The van der Waals surface area contributed by atoms with Crippen LogP contribution in [0.5, 0.6) is 11.5 Å². The van der Waals surface area contributed by atoms with E-state index in [1.807, 2.05) is 12.1 Å². The summed E-state index contributed by atoms with van der Waals surface area (Å²) in [5.41, 5.74) is 1.25. The molecule has 2 bridgehead atoms. The molecule has 2 aliphatic heterocycles. The molecule has 0 amide bonds. The fourth-order valence-electron chi connectivity index (χ4n) is 7.96. The van der Waals surface area contributed by atoms with Gasteiger partial charge in [-0.15, -0.1) is 0 Å². The normalized spacial score (nSPS) is 38.0. The van der Waals surface area contributed by atoms with Crippen LogP contribution in [0.25, 0.3) is 0 Å². The summed E-state index contributed by atoms with van der Waals surface area (Å²) in [5.74, 6) is 1.28. The van der Waals surface area contributed by atoms with Crippen LogP contribution in [-0.4, -0.2) is 69.0 Å². The third-order valence-electron chi connectivity index (χ3n) is 9.61. The molecule has 1 spiro atoms. The molecule has 3 N–H and O–H groups in total. The lowest BCUT2D eigenvalue weighted by Crippen LogP contribution is -2.78. The van der Waals surface area contributed by atoms with Gasteiger partial charge < -0.3 is 20.1 Å². The Bertz CT molecular complexity index is 1120. The number of phenolic OH excluding ortho intramolecular Hbond substituents is 1. The maximum atomic E-state index is 12.6. The van der Waals surface area contributed by atoms with Crippen LogP contribution in [0.15, 0.2) is 42.5 Å². The highest BCUT2D eigenvalue weighted by molar-refractivity contribution is 5.63. The third kappa shape index (κ3) is 2.66. The highest BCUT2D eigenvalue weighted by Gasteiger charge is 2.75. The number of benzene rings is 2. The molecule has 5 unspecified atom stereocenters. The number of aliphatic hydroxyl groups excluding tert-OH is 1. The number of aliphatic hydroxyl groups is 2. The quantitative estimate of drug-likeness (QED) is 0.634. The van der Waals surface area contributed by atoms with Crippen molar-refractivity contribution in [2.75, 3.05) is 20.1 Å². The van der Waals surface area contributed by atoms with Gasteiger partial charge in [-0.2, -0.15) is 0 Å². The molecule has 6 nitrogen and oxygen atoms in total. The Morgan fingerprint density at radius 1 is 1.09 bits per heavy atom. The van der Waals surface area contributed by atoms with Gasteiger partial charge in [0.25, 0.3) is 0 Å². The van der Waals surface area contributed by atoms with Gasteiger partial charge in [0.15, 0.2) is 11.5 Å². The molecule has 5 aliphatic rings. The maximum Gasteiger partial charge on any atom is 0.165 e. The van der Waals surface area contributed by atoms with Gasteiger partial charge in [-0.05, 0) is 68.8 Å². The standard InChI is InChI=1S/C28H34N2O4/c1-29(15-17-5-3-2-4-6-17)20-11-12-28(33)25-23(32)19-9-10-21(31)24-22(19)27(28,26(20)34-24)13-14-30(25)16-18-7-8-18/h2-6,9-10,18,20,23,25-26,31-33H,7-8,11-16H2,1H3/t20?,23-,25?,26?,27?,28?/m0/s1. The van der Waals surface area contributed by atoms with E-state index in [4.69, 9.17) is 4.74 Å². The van der Waals surface area contributed by atoms with E-state index >= 15 is 0 Å². The van der Waals surface area contributed by atoms with Crippen LogP contribution < -0.4 is 4.74 Å². The van der Waals surface area contributed by atoms with Gasteiger partial charge in [-0.25, -0.2) is 0 Å². The van der Waals surface area contributed by atoms with Crippen molar-refractivity contribution in [2.45, 2.75) is 74.0 Å². The van der Waals surface area contributed by atoms with Crippen LogP contribution in [0.2, 0.25) is 0 Å². The van der Waals surface area contributed by atoms with E-state index < -0.39 is 17.1 Å². The predicted molar refractivity (Wildman–Crippen MR) is 128 cm³/mol. The number of phenols is 1. The fraction of sp³-hybridized carbons (Fsp3) is 0.571. The molecule has 3 aliphatic carbocycles. The summed E-state index contributed by atoms with van der Waals surface area (Å²) in [4.78, 5) is 4.72. The fourth-order valence-corrected chi connectivity index (χ4v) is 7.96. The van der Waals surface area contributed by atoms with Gasteiger partial charge in [0.2, 0.25) is 0 Å². The zero-order chi connectivity index (χ0) is 23.2. The number of hydrogen-bond donors (Lipinski definition) is 3. The summed E-state index contributed by atoms with van der Waals surface area (Å²) < 4.78 is 6.64. The van der Waals surface area contributed by atoms with E-state index in [0.717, 1.165) is 43.6 Å². The molecule has 3 fully saturated rings. The Kier molecular flexibility index (Phi) is 4.49. The minimum atomic E-state index is -1.08. The first-order valence-electron chi connectivity index (χ1n) is 12.9. The van der Waals surface area contributed by atoms with Crippen LogP contribution in [0.4, 0.5) is 0 Å². The van der Waals surface area contributed by atoms with Crippen LogP contribution in [0.1, 0.15) is 54.9 Å². The van der Waals surface area contributed by atoms with Crippen molar-refractivity contribution in [2.24, 2.45) is 5.92 Å². The number of likely N-dealkylation sites (N-methyl/N-ethyl adjacent to an activating group) is 1. The number of rotatable bonds is 5. The number of piperidine rings is 1. The number of aromatic hydroxyl groups is 1. The zero-order valence-electron chi connectivity index (χ0n) is 19.7. The summed E-state index contributed by atoms with van der Waals surface area (Å²) in [5, 5.41) is 35.0. The van der Waals surface area contributed by atoms with Crippen molar-refractivity contribution >= 4 is 0 Å². The van der Waals surface area contributed by atoms with E-state index in [9.17, 15) is 15.3 Å². The van der Waals surface area contributed by atoms with Gasteiger partial charge in [-0.1, -0.05) is 36.4 Å². The van der Waals surface area contributed by atoms with Gasteiger partial charge >= 0.3 is 0 Å². The second-order valence-electron chi connectivity index (χ2n) is 11.4. The summed E-state index contributed by atoms with van der Waals surface area (Å²) in [6.07, 6.45) is 3.63. The molecule has 0 radical (unpaired) electrons. The molecule has 2 aromatic carbocycles. The highest BCUT2D eigenvalue weighted by Crippen LogP contribution is 2.67. The van der Waals surface area contributed by atoms with Crippen molar-refractivity contribution in [3.8, 4) is 11.5 Å². The second-order valence-corrected chi connectivity index (χ2v) is 11.4. The molecule has 2 heterocycles. The van der Waals surface area contributed by atoms with Gasteiger partial charge in [0.1, 0.15) is 6.10 Å². The summed E-state index contributed by atoms with van der Waals surface area (Å²) in [6.45, 7) is 2.59. The number of hydrogen-bond acceptors (Lipinski definition) is 6. The number of likely N-dealkylation sites (tertiary alicyclic amines) is 1. The topological polar surface area (TPSA) is 76.4 Å². The lowest BCUT2D eigenvalue weighted by atomic mass is 9.47. The minimum Gasteiger partial charge on any atom is -0.504 e. The number of ether oxygens (including phenoxy) is 1. The predicted octanol–water partition coefficient (Wildman–Crippen LogP) is 2.95. The molecule has 2 aromatic rings.